The molecule has 1 atom stereocenters. The third kappa shape index (κ3) is 4.63. The molecule has 18 heavy (non-hydrogen) atoms. The van der Waals surface area contributed by atoms with E-state index in [1.54, 1.807) is 31.4 Å². The molecule has 5 nitrogen and oxygen atoms in total. The number of anilines is 1. The molecule has 1 unspecified atom stereocenters. The molecule has 0 spiro atoms. The number of urea groups is 1. The van der Waals surface area contributed by atoms with Crippen molar-refractivity contribution in [2.24, 2.45) is 0 Å². The van der Waals surface area contributed by atoms with Crippen LogP contribution in [0.25, 0.3) is 0 Å². The maximum Gasteiger partial charge on any atom is 0.319 e. The molecule has 0 aliphatic rings. The highest BCUT2D eigenvalue weighted by molar-refractivity contribution is 5.89. The predicted molar refractivity (Wildman–Crippen MR) is 70.9 cm³/mol. The first kappa shape index (κ1) is 14.3. The van der Waals surface area contributed by atoms with Gasteiger partial charge in [0.15, 0.2) is 0 Å². The van der Waals surface area contributed by atoms with Crippen molar-refractivity contribution in [2.45, 2.75) is 25.8 Å². The van der Waals surface area contributed by atoms with Gasteiger partial charge in [0, 0.05) is 18.3 Å². The van der Waals surface area contributed by atoms with E-state index in [0.29, 0.717) is 12.1 Å². The smallest absolute Gasteiger partial charge is 0.319 e. The Hall–Kier alpha value is -1.75. The van der Waals surface area contributed by atoms with Gasteiger partial charge in [0.25, 0.3) is 0 Å². The molecule has 2 amide bonds. The lowest BCUT2D eigenvalue weighted by atomic mass is 10.2. The van der Waals surface area contributed by atoms with Crippen molar-refractivity contribution in [3.63, 3.8) is 0 Å². The van der Waals surface area contributed by atoms with Gasteiger partial charge in [-0.15, -0.1) is 0 Å². The first-order valence-electron chi connectivity index (χ1n) is 6.02. The van der Waals surface area contributed by atoms with E-state index in [1.807, 2.05) is 6.92 Å². The van der Waals surface area contributed by atoms with Crippen LogP contribution >= 0.6 is 0 Å². The van der Waals surface area contributed by atoms with Crippen LogP contribution in [0.1, 0.15) is 19.8 Å². The lowest BCUT2D eigenvalue weighted by Gasteiger charge is -2.16. The van der Waals surface area contributed by atoms with Gasteiger partial charge in [-0.1, -0.05) is 6.92 Å². The third-order valence-corrected chi connectivity index (χ3v) is 2.65. The second kappa shape index (κ2) is 7.55. The second-order valence-corrected chi connectivity index (χ2v) is 3.94. The Kier molecular flexibility index (Phi) is 6.00. The number of nitrogens with one attached hydrogen (secondary N) is 2. The Balaban J connectivity index is 2.47. The zero-order valence-electron chi connectivity index (χ0n) is 10.8. The molecule has 1 aromatic carbocycles. The lowest BCUT2D eigenvalue weighted by molar-refractivity contribution is 0.237. The molecule has 5 heteroatoms. The molecule has 0 aliphatic heterocycles. The van der Waals surface area contributed by atoms with E-state index in [-0.39, 0.29) is 18.7 Å². The van der Waals surface area contributed by atoms with E-state index in [1.165, 1.54) is 0 Å². The SMILES string of the molecule is CCC(CCO)NC(=O)Nc1ccc(OC)cc1. The summed E-state index contributed by atoms with van der Waals surface area (Å²) in [6.07, 6.45) is 1.35. The molecule has 0 heterocycles. The molecule has 1 rings (SSSR count). The van der Waals surface area contributed by atoms with Crippen LogP contribution in [0.5, 0.6) is 5.75 Å². The molecule has 0 radical (unpaired) electrons. The number of benzene rings is 1. The van der Waals surface area contributed by atoms with Gasteiger partial charge >= 0.3 is 6.03 Å². The topological polar surface area (TPSA) is 70.6 Å². The third-order valence-electron chi connectivity index (χ3n) is 2.65. The zero-order chi connectivity index (χ0) is 13.4. The quantitative estimate of drug-likeness (QED) is 0.725. The number of carbonyl (C=O) groups excluding carboxylic acids is 1. The molecular weight excluding hydrogens is 232 g/mol. The van der Waals surface area contributed by atoms with Crippen LogP contribution < -0.4 is 15.4 Å². The summed E-state index contributed by atoms with van der Waals surface area (Å²) in [4.78, 5) is 11.7. The number of aliphatic hydroxyl groups excluding tert-OH is 1. The summed E-state index contributed by atoms with van der Waals surface area (Å²) in [7, 11) is 1.59. The van der Waals surface area contributed by atoms with Gasteiger partial charge in [0.05, 0.1) is 7.11 Å². The van der Waals surface area contributed by atoms with E-state index < -0.39 is 0 Å². The lowest BCUT2D eigenvalue weighted by Crippen LogP contribution is -2.38. The van der Waals surface area contributed by atoms with Crippen LogP contribution in [-0.4, -0.2) is 30.9 Å². The van der Waals surface area contributed by atoms with Crippen molar-refractivity contribution in [1.29, 1.82) is 0 Å². The van der Waals surface area contributed by atoms with Gasteiger partial charge in [-0.05, 0) is 37.1 Å². The molecule has 0 bridgehead atoms. The van der Waals surface area contributed by atoms with Gasteiger partial charge in [0.1, 0.15) is 5.75 Å². The number of amides is 2. The molecule has 0 aliphatic carbocycles. The minimum atomic E-state index is -0.263. The average molecular weight is 252 g/mol. The standard InChI is InChI=1S/C13H20N2O3/c1-3-10(8-9-16)14-13(17)15-11-4-6-12(18-2)7-5-11/h4-7,10,16H,3,8-9H2,1-2H3,(H2,14,15,17). The van der Waals surface area contributed by atoms with Crippen LogP contribution in [0.15, 0.2) is 24.3 Å². The largest absolute Gasteiger partial charge is 0.497 e. The number of hydrogen-bond donors (Lipinski definition) is 3. The number of carbonyl (C=O) groups is 1. The minimum absolute atomic E-state index is 0.00625. The van der Waals surface area contributed by atoms with Gasteiger partial charge in [-0.25, -0.2) is 4.79 Å². The highest BCUT2D eigenvalue weighted by atomic mass is 16.5. The Morgan fingerprint density at radius 3 is 2.56 bits per heavy atom. The van der Waals surface area contributed by atoms with Crippen LogP contribution in [0.4, 0.5) is 10.5 Å². The van der Waals surface area contributed by atoms with Crippen molar-refractivity contribution in [2.75, 3.05) is 19.0 Å². The molecule has 3 N–H and O–H groups in total. The molecule has 100 valence electrons. The fourth-order valence-corrected chi connectivity index (χ4v) is 1.56. The number of methoxy groups -OCH3 is 1. The summed E-state index contributed by atoms with van der Waals surface area (Å²) >= 11 is 0. The summed E-state index contributed by atoms with van der Waals surface area (Å²) in [6.45, 7) is 2.04. The summed E-state index contributed by atoms with van der Waals surface area (Å²) in [5.74, 6) is 0.743. The normalized spacial score (nSPS) is 11.7. The number of rotatable bonds is 6. The van der Waals surface area contributed by atoms with E-state index in [9.17, 15) is 4.79 Å². The maximum atomic E-state index is 11.7. The van der Waals surface area contributed by atoms with Crippen molar-refractivity contribution >= 4 is 11.7 Å². The molecule has 0 fully saturated rings. The van der Waals surface area contributed by atoms with Crippen molar-refractivity contribution in [3.05, 3.63) is 24.3 Å². The minimum Gasteiger partial charge on any atom is -0.497 e. The Morgan fingerprint density at radius 1 is 1.39 bits per heavy atom. The summed E-state index contributed by atoms with van der Waals surface area (Å²) in [5.41, 5.74) is 0.701. The summed E-state index contributed by atoms with van der Waals surface area (Å²) in [5, 5.41) is 14.4. The molecular formula is C13H20N2O3. The molecule has 0 aromatic heterocycles. The highest BCUT2D eigenvalue weighted by Gasteiger charge is 2.09. The monoisotopic (exact) mass is 252 g/mol. The Labute approximate surface area is 107 Å². The van der Waals surface area contributed by atoms with Crippen molar-refractivity contribution in [3.8, 4) is 5.75 Å². The average Bonchev–Trinajstić information content (AvgIpc) is 2.39. The zero-order valence-corrected chi connectivity index (χ0v) is 10.8. The predicted octanol–water partition coefficient (Wildman–Crippen LogP) is 1.98. The van der Waals surface area contributed by atoms with Gasteiger partial charge in [-0.2, -0.15) is 0 Å². The van der Waals surface area contributed by atoms with E-state index in [0.717, 1.165) is 12.2 Å². The van der Waals surface area contributed by atoms with Gasteiger partial charge in [-0.3, -0.25) is 0 Å². The second-order valence-electron chi connectivity index (χ2n) is 3.94. The molecule has 1 aromatic rings. The van der Waals surface area contributed by atoms with Gasteiger partial charge in [0.2, 0.25) is 0 Å². The summed E-state index contributed by atoms with van der Waals surface area (Å²) in [6, 6.07) is 6.83. The van der Waals surface area contributed by atoms with E-state index in [4.69, 9.17) is 9.84 Å². The number of aliphatic hydroxyl groups is 1. The first-order chi connectivity index (χ1) is 8.69. The maximum absolute atomic E-state index is 11.7. The number of ether oxygens (including phenoxy) is 1. The fourth-order valence-electron chi connectivity index (χ4n) is 1.56. The number of hydrogen-bond acceptors (Lipinski definition) is 3. The van der Waals surface area contributed by atoms with E-state index in [2.05, 4.69) is 10.6 Å². The van der Waals surface area contributed by atoms with Crippen molar-refractivity contribution < 1.29 is 14.6 Å². The first-order valence-corrected chi connectivity index (χ1v) is 6.02. The fraction of sp³-hybridized carbons (Fsp3) is 0.462. The molecule has 0 saturated heterocycles. The summed E-state index contributed by atoms with van der Waals surface area (Å²) < 4.78 is 5.03. The van der Waals surface area contributed by atoms with Crippen molar-refractivity contribution in [1.82, 2.24) is 5.32 Å². The van der Waals surface area contributed by atoms with E-state index >= 15 is 0 Å². The van der Waals surface area contributed by atoms with Crippen LogP contribution in [0.3, 0.4) is 0 Å². The van der Waals surface area contributed by atoms with Crippen LogP contribution in [0, 0.1) is 0 Å². The Morgan fingerprint density at radius 2 is 2.06 bits per heavy atom. The van der Waals surface area contributed by atoms with Crippen LogP contribution in [-0.2, 0) is 0 Å². The molecule has 0 saturated carbocycles. The Bertz CT molecular complexity index is 365. The van der Waals surface area contributed by atoms with Gasteiger partial charge < -0.3 is 20.5 Å². The van der Waals surface area contributed by atoms with Crippen LogP contribution in [0.2, 0.25) is 0 Å². The highest BCUT2D eigenvalue weighted by Crippen LogP contribution is 2.14.